The van der Waals surface area contributed by atoms with Crippen LogP contribution in [0.2, 0.25) is 0 Å². The SMILES string of the molecule is CC1=C(c2ccccc2)C2(C)C(=O)C3C(C)(C(=O)C12)C3(c1ccccc1)c1ccccc1. The zero-order valence-corrected chi connectivity index (χ0v) is 18.6. The molecule has 32 heavy (non-hydrogen) atoms. The van der Waals surface area contributed by atoms with Crippen molar-refractivity contribution in [3.63, 3.8) is 0 Å². The number of carbonyl (C=O) groups is 2. The van der Waals surface area contributed by atoms with Crippen LogP contribution in [0.25, 0.3) is 5.57 Å². The summed E-state index contributed by atoms with van der Waals surface area (Å²) >= 11 is 0. The van der Waals surface area contributed by atoms with Crippen LogP contribution in [0, 0.1) is 22.7 Å². The van der Waals surface area contributed by atoms with Crippen molar-refractivity contribution < 1.29 is 9.59 Å². The third-order valence-corrected chi connectivity index (χ3v) is 8.74. The molecule has 0 radical (unpaired) electrons. The third kappa shape index (κ3) is 1.93. The van der Waals surface area contributed by atoms with Gasteiger partial charge in [-0.05, 0) is 36.1 Å². The number of hydrogen-bond acceptors (Lipinski definition) is 2. The van der Waals surface area contributed by atoms with Crippen molar-refractivity contribution in [2.75, 3.05) is 0 Å². The van der Waals surface area contributed by atoms with Crippen molar-refractivity contribution in [1.82, 2.24) is 0 Å². The van der Waals surface area contributed by atoms with E-state index in [0.717, 1.165) is 27.8 Å². The van der Waals surface area contributed by atoms with E-state index in [2.05, 4.69) is 36.4 Å². The number of rotatable bonds is 3. The average molecular weight is 419 g/mol. The Balaban J connectivity index is 1.59. The predicted molar refractivity (Wildman–Crippen MR) is 126 cm³/mol. The van der Waals surface area contributed by atoms with E-state index < -0.39 is 16.2 Å². The molecule has 2 saturated carbocycles. The predicted octanol–water partition coefficient (Wildman–Crippen LogP) is 5.87. The number of carbonyl (C=O) groups excluding carboxylic acids is 2. The van der Waals surface area contributed by atoms with Gasteiger partial charge in [-0.2, -0.15) is 0 Å². The largest absolute Gasteiger partial charge is 0.298 e. The molecular weight excluding hydrogens is 392 g/mol. The van der Waals surface area contributed by atoms with Crippen LogP contribution in [-0.2, 0) is 15.0 Å². The summed E-state index contributed by atoms with van der Waals surface area (Å²) in [5.41, 5.74) is 3.15. The molecule has 0 heterocycles. The molecule has 0 bridgehead atoms. The van der Waals surface area contributed by atoms with Crippen LogP contribution in [0.4, 0.5) is 0 Å². The fourth-order valence-electron chi connectivity index (χ4n) is 7.43. The summed E-state index contributed by atoms with van der Waals surface area (Å²) in [6.07, 6.45) is 0. The second-order valence-corrected chi connectivity index (χ2v) is 9.96. The Bertz CT molecular complexity index is 1250. The topological polar surface area (TPSA) is 34.1 Å². The molecule has 0 N–H and O–H groups in total. The summed E-state index contributed by atoms with van der Waals surface area (Å²) in [5, 5.41) is 0. The maximum Gasteiger partial charge on any atom is 0.149 e. The van der Waals surface area contributed by atoms with Gasteiger partial charge in [0.1, 0.15) is 11.6 Å². The van der Waals surface area contributed by atoms with Gasteiger partial charge >= 0.3 is 0 Å². The summed E-state index contributed by atoms with van der Waals surface area (Å²) in [6.45, 7) is 6.08. The fourth-order valence-corrected chi connectivity index (χ4v) is 7.43. The van der Waals surface area contributed by atoms with Gasteiger partial charge in [0.15, 0.2) is 0 Å². The number of fused-ring (bicyclic) bond motifs is 2. The number of ketones is 2. The molecule has 6 rings (SSSR count). The molecule has 0 saturated heterocycles. The maximum atomic E-state index is 14.4. The lowest BCUT2D eigenvalue weighted by Crippen LogP contribution is -2.55. The molecule has 0 spiro atoms. The van der Waals surface area contributed by atoms with Crippen molar-refractivity contribution in [1.29, 1.82) is 0 Å². The van der Waals surface area contributed by atoms with Gasteiger partial charge in [0.2, 0.25) is 0 Å². The first-order valence-electron chi connectivity index (χ1n) is 11.4. The van der Waals surface area contributed by atoms with Crippen LogP contribution in [0.15, 0.2) is 96.6 Å². The molecule has 4 atom stereocenters. The van der Waals surface area contributed by atoms with Crippen LogP contribution in [0.5, 0.6) is 0 Å². The minimum Gasteiger partial charge on any atom is -0.298 e. The van der Waals surface area contributed by atoms with Crippen molar-refractivity contribution in [3.8, 4) is 0 Å². The molecule has 3 aromatic rings. The summed E-state index contributed by atoms with van der Waals surface area (Å²) in [7, 11) is 0. The summed E-state index contributed by atoms with van der Waals surface area (Å²) in [5.74, 6) is -0.280. The van der Waals surface area contributed by atoms with Crippen molar-refractivity contribution in [2.24, 2.45) is 22.7 Å². The lowest BCUT2D eigenvalue weighted by molar-refractivity contribution is -0.145. The van der Waals surface area contributed by atoms with Crippen molar-refractivity contribution in [2.45, 2.75) is 26.2 Å². The molecule has 3 aliphatic rings. The minimum atomic E-state index is -0.766. The highest BCUT2D eigenvalue weighted by atomic mass is 16.2. The number of hydrogen-bond donors (Lipinski definition) is 0. The molecule has 3 aromatic carbocycles. The van der Waals surface area contributed by atoms with E-state index in [-0.39, 0.29) is 23.4 Å². The third-order valence-electron chi connectivity index (χ3n) is 8.74. The minimum absolute atomic E-state index is 0.210. The molecule has 3 aliphatic carbocycles. The Kier molecular flexibility index (Phi) is 3.74. The van der Waals surface area contributed by atoms with Gasteiger partial charge in [0.05, 0.1) is 16.7 Å². The highest BCUT2D eigenvalue weighted by molar-refractivity contribution is 6.21. The smallest absolute Gasteiger partial charge is 0.149 e. The lowest BCUT2D eigenvalue weighted by Gasteiger charge is -2.52. The van der Waals surface area contributed by atoms with Crippen molar-refractivity contribution in [3.05, 3.63) is 113 Å². The summed E-state index contributed by atoms with van der Waals surface area (Å²) in [4.78, 5) is 28.7. The quantitative estimate of drug-likeness (QED) is 0.533. The first-order chi connectivity index (χ1) is 15.4. The van der Waals surface area contributed by atoms with Crippen LogP contribution < -0.4 is 0 Å². The second-order valence-electron chi connectivity index (χ2n) is 9.96. The van der Waals surface area contributed by atoms with E-state index >= 15 is 0 Å². The zero-order chi connectivity index (χ0) is 22.3. The molecule has 2 nitrogen and oxygen atoms in total. The summed E-state index contributed by atoms with van der Waals surface area (Å²) < 4.78 is 0. The van der Waals surface area contributed by atoms with E-state index in [4.69, 9.17) is 0 Å². The van der Waals surface area contributed by atoms with E-state index in [1.54, 1.807) is 0 Å². The molecule has 0 aliphatic heterocycles. The number of benzene rings is 3. The monoisotopic (exact) mass is 418 g/mol. The van der Waals surface area contributed by atoms with Gasteiger partial charge in [0.25, 0.3) is 0 Å². The van der Waals surface area contributed by atoms with Gasteiger partial charge in [-0.3, -0.25) is 9.59 Å². The van der Waals surface area contributed by atoms with E-state index in [1.165, 1.54) is 0 Å². The van der Waals surface area contributed by atoms with Gasteiger partial charge in [-0.1, -0.05) is 103 Å². The summed E-state index contributed by atoms with van der Waals surface area (Å²) in [6, 6.07) is 30.5. The average Bonchev–Trinajstić information content (AvgIpc) is 3.42. The van der Waals surface area contributed by atoms with Crippen LogP contribution in [0.3, 0.4) is 0 Å². The maximum absolute atomic E-state index is 14.4. The lowest BCUT2D eigenvalue weighted by atomic mass is 9.48. The number of allylic oxidation sites excluding steroid dienone is 2. The zero-order valence-electron chi connectivity index (χ0n) is 18.6. The normalized spacial score (nSPS) is 32.1. The molecule has 2 heteroatoms. The first-order valence-corrected chi connectivity index (χ1v) is 11.4. The highest BCUT2D eigenvalue weighted by Gasteiger charge is 2.87. The van der Waals surface area contributed by atoms with E-state index in [1.807, 2.05) is 75.4 Å². The molecule has 0 amide bonds. The molecule has 0 aromatic heterocycles. The van der Waals surface area contributed by atoms with Gasteiger partial charge in [0, 0.05) is 11.3 Å². The van der Waals surface area contributed by atoms with Crippen molar-refractivity contribution >= 4 is 17.1 Å². The van der Waals surface area contributed by atoms with Crippen LogP contribution in [0.1, 0.15) is 37.5 Å². The van der Waals surface area contributed by atoms with Gasteiger partial charge in [-0.25, -0.2) is 0 Å². The first kappa shape index (κ1) is 19.4. The van der Waals surface area contributed by atoms with Crippen LogP contribution in [-0.4, -0.2) is 11.6 Å². The van der Waals surface area contributed by atoms with Gasteiger partial charge < -0.3 is 0 Å². The second kappa shape index (κ2) is 6.16. The molecule has 2 fully saturated rings. The van der Waals surface area contributed by atoms with E-state index in [9.17, 15) is 9.59 Å². The Morgan fingerprint density at radius 1 is 0.656 bits per heavy atom. The molecule has 4 unspecified atom stereocenters. The van der Waals surface area contributed by atoms with E-state index in [0.29, 0.717) is 0 Å². The van der Waals surface area contributed by atoms with Gasteiger partial charge in [-0.15, -0.1) is 0 Å². The highest BCUT2D eigenvalue weighted by Crippen LogP contribution is 2.81. The fraction of sp³-hybridized carbons (Fsp3) is 0.267. The number of Topliss-reactive ketones (excluding diaryl/α,β-unsaturated/α-hetero) is 2. The Labute approximate surface area is 189 Å². The Hall–Kier alpha value is -3.26. The Morgan fingerprint density at radius 2 is 1.12 bits per heavy atom. The Morgan fingerprint density at radius 3 is 1.62 bits per heavy atom. The standard InChI is InChI=1S/C30H26O2/c1-19-23(20-13-7-4-8-14-20)28(2)24(19)26(31)29(3)25(27(28)32)30(29,21-15-9-5-10-16-21)22-17-11-6-12-18-22/h4-18,24-25H,1-3H3. The van der Waals surface area contributed by atoms with Crippen LogP contribution >= 0.6 is 0 Å². The molecule has 158 valence electrons. The molecular formula is C30H26O2.